The first-order valence-corrected chi connectivity index (χ1v) is 8.84. The quantitative estimate of drug-likeness (QED) is 0.497. The highest BCUT2D eigenvalue weighted by atomic mass is 16.5. The van der Waals surface area contributed by atoms with E-state index in [-0.39, 0.29) is 23.8 Å². The van der Waals surface area contributed by atoms with Crippen LogP contribution in [0, 0.1) is 0 Å². The number of methoxy groups -OCH3 is 1. The first-order valence-electron chi connectivity index (χ1n) is 8.84. The van der Waals surface area contributed by atoms with Crippen molar-refractivity contribution in [2.45, 2.75) is 0 Å². The zero-order valence-corrected chi connectivity index (χ0v) is 16.0. The van der Waals surface area contributed by atoms with Crippen molar-refractivity contribution in [1.29, 1.82) is 0 Å². The number of hydrogen-bond donors (Lipinski definition) is 2. The molecule has 2 N–H and O–H groups in total. The Kier molecular flexibility index (Phi) is 5.90. The molecule has 0 spiro atoms. The Morgan fingerprint density at radius 1 is 1.17 bits per heavy atom. The minimum absolute atomic E-state index is 0.0664. The topological polar surface area (TPSA) is 97.6 Å². The number of ether oxygens (including phenoxy) is 1. The van der Waals surface area contributed by atoms with Gasteiger partial charge in [0.15, 0.2) is 5.78 Å². The summed E-state index contributed by atoms with van der Waals surface area (Å²) in [7, 11) is 2.98. The largest absolute Gasteiger partial charge is 0.506 e. The third-order valence-electron chi connectivity index (χ3n) is 4.40. The third kappa shape index (κ3) is 4.25. The number of amides is 1. The summed E-state index contributed by atoms with van der Waals surface area (Å²) in [5.41, 5.74) is 0.871. The lowest BCUT2D eigenvalue weighted by atomic mass is 10.1. The fraction of sp³-hybridized carbons (Fsp3) is 0.136. The maximum absolute atomic E-state index is 12.7. The van der Waals surface area contributed by atoms with Gasteiger partial charge in [-0.1, -0.05) is 30.3 Å². The van der Waals surface area contributed by atoms with Gasteiger partial charge >= 0.3 is 0 Å². The molecule has 0 fully saturated rings. The van der Waals surface area contributed by atoms with E-state index in [1.54, 1.807) is 55.6 Å². The number of carbonyl (C=O) groups excluding carboxylic acids is 2. The van der Waals surface area contributed by atoms with E-state index in [9.17, 15) is 19.5 Å². The van der Waals surface area contributed by atoms with E-state index in [0.717, 1.165) is 0 Å². The Morgan fingerprint density at radius 2 is 1.93 bits per heavy atom. The van der Waals surface area contributed by atoms with E-state index in [2.05, 4.69) is 5.32 Å². The number of pyridine rings is 1. The fourth-order valence-corrected chi connectivity index (χ4v) is 3.01. The molecule has 0 saturated carbocycles. The number of para-hydroxylation sites is 1. The molecular formula is C22H20N2O5. The van der Waals surface area contributed by atoms with Crippen LogP contribution < -0.4 is 10.9 Å². The zero-order valence-electron chi connectivity index (χ0n) is 16.0. The Balaban J connectivity index is 1.90. The number of anilines is 1. The molecule has 0 atom stereocenters. The molecule has 0 aliphatic heterocycles. The summed E-state index contributed by atoms with van der Waals surface area (Å²) in [5, 5.41) is 13.6. The van der Waals surface area contributed by atoms with Crippen LogP contribution in [0.5, 0.6) is 5.75 Å². The van der Waals surface area contributed by atoms with Gasteiger partial charge in [0, 0.05) is 25.2 Å². The number of nitrogens with zero attached hydrogens (tertiary/aromatic N) is 1. The molecule has 148 valence electrons. The van der Waals surface area contributed by atoms with Crippen molar-refractivity contribution in [3.63, 3.8) is 0 Å². The molecule has 1 aromatic heterocycles. The number of aromatic hydroxyl groups is 1. The SMILES string of the molecule is COCC(=O)Nc1cccc(C=CC(=O)c2c(O)c3ccccc3n(C)c2=O)c1. The van der Waals surface area contributed by atoms with Crippen molar-refractivity contribution in [3.05, 3.63) is 76.1 Å². The molecule has 3 aromatic rings. The lowest BCUT2D eigenvalue weighted by Gasteiger charge is -2.10. The monoisotopic (exact) mass is 392 g/mol. The Bertz CT molecular complexity index is 1180. The maximum atomic E-state index is 12.7. The van der Waals surface area contributed by atoms with Crippen molar-refractivity contribution < 1.29 is 19.4 Å². The maximum Gasteiger partial charge on any atom is 0.265 e. The van der Waals surface area contributed by atoms with E-state index in [1.807, 2.05) is 0 Å². The molecule has 0 unspecified atom stereocenters. The molecule has 3 rings (SSSR count). The van der Waals surface area contributed by atoms with Gasteiger partial charge in [0.05, 0.1) is 5.52 Å². The Morgan fingerprint density at radius 3 is 2.69 bits per heavy atom. The number of carbonyl (C=O) groups is 2. The van der Waals surface area contributed by atoms with Gasteiger partial charge in [-0.2, -0.15) is 0 Å². The van der Waals surface area contributed by atoms with Crippen LogP contribution in [0.1, 0.15) is 15.9 Å². The number of aromatic nitrogens is 1. The van der Waals surface area contributed by atoms with E-state index >= 15 is 0 Å². The first-order chi connectivity index (χ1) is 13.9. The van der Waals surface area contributed by atoms with Crippen LogP contribution in [0.2, 0.25) is 0 Å². The molecule has 0 bridgehead atoms. The van der Waals surface area contributed by atoms with E-state index in [1.165, 1.54) is 23.8 Å². The number of rotatable bonds is 6. The normalized spacial score (nSPS) is 11.1. The Hall–Kier alpha value is -3.71. The van der Waals surface area contributed by atoms with Crippen molar-refractivity contribution in [2.75, 3.05) is 19.0 Å². The second-order valence-corrected chi connectivity index (χ2v) is 6.41. The highest BCUT2D eigenvalue weighted by Crippen LogP contribution is 2.26. The molecular weight excluding hydrogens is 372 g/mol. The van der Waals surface area contributed by atoms with Crippen molar-refractivity contribution in [1.82, 2.24) is 4.57 Å². The number of allylic oxidation sites excluding steroid dienone is 1. The standard InChI is InChI=1S/C22H20N2O5/c1-24-17-9-4-3-8-16(17)21(27)20(22(24)28)18(25)11-10-14-6-5-7-15(12-14)23-19(26)13-29-2/h3-12,27H,13H2,1-2H3,(H,23,26). The second-order valence-electron chi connectivity index (χ2n) is 6.41. The van der Waals surface area contributed by atoms with Crippen LogP contribution in [0.3, 0.4) is 0 Å². The summed E-state index contributed by atoms with van der Waals surface area (Å²) in [4.78, 5) is 36.9. The van der Waals surface area contributed by atoms with Crippen LogP contribution in [-0.2, 0) is 16.6 Å². The first kappa shape index (κ1) is 20.0. The molecule has 0 aliphatic rings. The van der Waals surface area contributed by atoms with Crippen molar-refractivity contribution >= 4 is 34.4 Å². The number of nitrogens with one attached hydrogen (secondary N) is 1. The summed E-state index contributed by atoms with van der Waals surface area (Å²) in [6.07, 6.45) is 2.74. The summed E-state index contributed by atoms with van der Waals surface area (Å²) in [6.45, 7) is -0.0664. The van der Waals surface area contributed by atoms with Crippen LogP contribution in [0.4, 0.5) is 5.69 Å². The third-order valence-corrected chi connectivity index (χ3v) is 4.40. The molecule has 1 amide bonds. The highest BCUT2D eigenvalue weighted by molar-refractivity contribution is 6.11. The van der Waals surface area contributed by atoms with E-state index in [0.29, 0.717) is 22.2 Å². The van der Waals surface area contributed by atoms with Crippen LogP contribution >= 0.6 is 0 Å². The van der Waals surface area contributed by atoms with Crippen molar-refractivity contribution in [3.8, 4) is 5.75 Å². The van der Waals surface area contributed by atoms with Gasteiger partial charge in [-0.15, -0.1) is 0 Å². The summed E-state index contributed by atoms with van der Waals surface area (Å²) >= 11 is 0. The molecule has 2 aromatic carbocycles. The molecule has 0 saturated heterocycles. The molecule has 7 heteroatoms. The van der Waals surface area contributed by atoms with Gasteiger partial charge in [-0.3, -0.25) is 14.4 Å². The molecule has 0 radical (unpaired) electrons. The van der Waals surface area contributed by atoms with Gasteiger partial charge in [-0.25, -0.2) is 0 Å². The minimum atomic E-state index is -0.609. The van der Waals surface area contributed by atoms with Crippen molar-refractivity contribution in [2.24, 2.45) is 7.05 Å². The average molecular weight is 392 g/mol. The van der Waals surface area contributed by atoms with Crippen LogP contribution in [-0.4, -0.2) is 35.1 Å². The summed E-state index contributed by atoms with van der Waals surface area (Å²) < 4.78 is 6.11. The van der Waals surface area contributed by atoms with Gasteiger partial charge in [0.1, 0.15) is 17.9 Å². The second kappa shape index (κ2) is 8.53. The Labute approximate surface area is 166 Å². The van der Waals surface area contributed by atoms with Gasteiger partial charge in [-0.05, 0) is 35.9 Å². The number of ketones is 1. The predicted molar refractivity (Wildman–Crippen MR) is 111 cm³/mol. The van der Waals surface area contributed by atoms with E-state index < -0.39 is 11.3 Å². The van der Waals surface area contributed by atoms with Gasteiger partial charge in [0.25, 0.3) is 5.56 Å². The lowest BCUT2D eigenvalue weighted by molar-refractivity contribution is -0.119. The zero-order chi connectivity index (χ0) is 21.0. The average Bonchev–Trinajstić information content (AvgIpc) is 2.71. The molecule has 1 heterocycles. The molecule has 7 nitrogen and oxygen atoms in total. The minimum Gasteiger partial charge on any atom is -0.506 e. The highest BCUT2D eigenvalue weighted by Gasteiger charge is 2.19. The van der Waals surface area contributed by atoms with Crippen LogP contribution in [0.15, 0.2) is 59.4 Å². The number of aryl methyl sites for hydroxylation is 1. The number of benzene rings is 2. The van der Waals surface area contributed by atoms with Gasteiger partial charge in [0.2, 0.25) is 5.91 Å². The van der Waals surface area contributed by atoms with E-state index in [4.69, 9.17) is 4.74 Å². The summed E-state index contributed by atoms with van der Waals surface area (Å²) in [6, 6.07) is 13.7. The fourth-order valence-electron chi connectivity index (χ4n) is 3.01. The predicted octanol–water partition coefficient (Wildman–Crippen LogP) is 2.73. The number of hydrogen-bond acceptors (Lipinski definition) is 5. The molecule has 29 heavy (non-hydrogen) atoms. The number of fused-ring (bicyclic) bond motifs is 1. The smallest absolute Gasteiger partial charge is 0.265 e. The van der Waals surface area contributed by atoms with Crippen LogP contribution in [0.25, 0.3) is 17.0 Å². The lowest BCUT2D eigenvalue weighted by Crippen LogP contribution is -2.24. The molecule has 0 aliphatic carbocycles. The summed E-state index contributed by atoms with van der Waals surface area (Å²) in [5.74, 6) is -1.24. The van der Waals surface area contributed by atoms with Gasteiger partial charge < -0.3 is 19.7 Å².